The molecule has 4 aromatic rings. The molecule has 1 aliphatic rings. The molecule has 262 valence electrons. The number of fused-ring (bicyclic) bond motifs is 2. The van der Waals surface area contributed by atoms with Crippen LogP contribution in [0.4, 0.5) is 22.7 Å². The van der Waals surface area contributed by atoms with Gasteiger partial charge in [-0.3, -0.25) is 20.2 Å². The Morgan fingerprint density at radius 2 is 1.20 bits per heavy atom. The van der Waals surface area contributed by atoms with Gasteiger partial charge in [0, 0.05) is 17.2 Å². The van der Waals surface area contributed by atoms with Crippen molar-refractivity contribution in [1.82, 2.24) is 0 Å². The third-order valence-corrected chi connectivity index (χ3v) is 7.82. The molecule has 1 N–H and O–H groups in total. The van der Waals surface area contributed by atoms with Crippen molar-refractivity contribution >= 4 is 22.7 Å². The highest BCUT2D eigenvalue weighted by Crippen LogP contribution is 2.36. The fourth-order valence-electron chi connectivity index (χ4n) is 5.34. The maximum atomic E-state index is 11.7. The predicted molar refractivity (Wildman–Crippen MR) is 182 cm³/mol. The van der Waals surface area contributed by atoms with Crippen LogP contribution in [0.2, 0.25) is 0 Å². The zero-order chi connectivity index (χ0) is 35.5. The van der Waals surface area contributed by atoms with Crippen molar-refractivity contribution in [2.24, 2.45) is 10.2 Å². The van der Waals surface area contributed by atoms with Crippen LogP contribution in [0.25, 0.3) is 0 Å². The first-order valence-corrected chi connectivity index (χ1v) is 16.0. The zero-order valence-electron chi connectivity index (χ0n) is 27.6. The summed E-state index contributed by atoms with van der Waals surface area (Å²) < 4.78 is 30.8. The monoisotopic (exact) mass is 686 g/mol. The summed E-state index contributed by atoms with van der Waals surface area (Å²) >= 11 is 0. The Bertz CT molecular complexity index is 1690. The van der Waals surface area contributed by atoms with E-state index >= 15 is 0 Å². The minimum Gasteiger partial charge on any atom is -0.507 e. The maximum Gasteiger partial charge on any atom is 0.303 e. The summed E-state index contributed by atoms with van der Waals surface area (Å²) in [6.07, 6.45) is -1.44. The summed E-state index contributed by atoms with van der Waals surface area (Å²) in [4.78, 5) is 21.4. The number of hydrogen-bond acceptors (Lipinski definition) is 12. The van der Waals surface area contributed by atoms with Crippen LogP contribution in [0.1, 0.15) is 48.3 Å². The van der Waals surface area contributed by atoms with Crippen molar-refractivity contribution in [2.75, 3.05) is 26.4 Å². The van der Waals surface area contributed by atoms with Gasteiger partial charge in [0.2, 0.25) is 0 Å². The van der Waals surface area contributed by atoms with Crippen molar-refractivity contribution in [1.29, 1.82) is 0 Å². The van der Waals surface area contributed by atoms with Crippen molar-refractivity contribution in [3.8, 4) is 5.75 Å². The molecule has 0 spiro atoms. The number of azo groups is 1. The van der Waals surface area contributed by atoms with Gasteiger partial charge < -0.3 is 28.8 Å². The lowest BCUT2D eigenvalue weighted by Gasteiger charge is -2.24. The van der Waals surface area contributed by atoms with Gasteiger partial charge in [-0.25, -0.2) is 0 Å². The van der Waals surface area contributed by atoms with Crippen molar-refractivity contribution in [2.45, 2.75) is 51.5 Å². The predicted octanol–water partition coefficient (Wildman–Crippen LogP) is 7.98. The fraction of sp³-hybridized carbons (Fsp3) is 0.333. The number of phenols is 1. The van der Waals surface area contributed by atoms with Gasteiger partial charge in [-0.2, -0.15) is 5.11 Å². The van der Waals surface area contributed by atoms with Crippen LogP contribution in [0.5, 0.6) is 5.75 Å². The Labute approximate surface area is 288 Å². The Morgan fingerprint density at radius 3 is 1.68 bits per heavy atom. The minimum absolute atomic E-state index is 0.0584. The number of ether oxygens (including phenoxy) is 5. The van der Waals surface area contributed by atoms with E-state index in [-0.39, 0.29) is 55.8 Å². The highest BCUT2D eigenvalue weighted by molar-refractivity contribution is 5.62. The Balaban J connectivity index is 1.51. The molecule has 0 saturated heterocycles. The van der Waals surface area contributed by atoms with Crippen LogP contribution in [-0.4, -0.2) is 53.6 Å². The average molecular weight is 687 g/mol. The summed E-state index contributed by atoms with van der Waals surface area (Å²) in [5, 5.41) is 42.6. The smallest absolute Gasteiger partial charge is 0.303 e. The van der Waals surface area contributed by atoms with Gasteiger partial charge in [0.05, 0.1) is 73.4 Å². The average Bonchev–Trinajstić information content (AvgIpc) is 3.11. The van der Waals surface area contributed by atoms with E-state index in [9.17, 15) is 25.3 Å². The first kappa shape index (κ1) is 36.2. The lowest BCUT2D eigenvalue weighted by Crippen LogP contribution is -2.27. The minimum atomic E-state index is -0.763. The molecule has 0 saturated carbocycles. The molecule has 2 bridgehead atoms. The first-order valence-electron chi connectivity index (χ1n) is 16.0. The van der Waals surface area contributed by atoms with Crippen molar-refractivity contribution in [3.05, 3.63) is 133 Å². The Morgan fingerprint density at radius 1 is 0.680 bits per heavy atom. The molecule has 50 heavy (non-hydrogen) atoms. The molecule has 14 heteroatoms. The van der Waals surface area contributed by atoms with E-state index < -0.39 is 33.4 Å². The summed E-state index contributed by atoms with van der Waals surface area (Å²) in [7, 11) is 0. The summed E-state index contributed by atoms with van der Waals surface area (Å²) in [6, 6.07) is 25.3. The van der Waals surface area contributed by atoms with Crippen LogP contribution < -0.4 is 0 Å². The molecule has 0 aromatic heterocycles. The normalized spacial score (nSPS) is 21.2. The number of non-ortho nitro benzene ring substituents is 1. The molecule has 0 amide bonds. The second-order valence-electron chi connectivity index (χ2n) is 11.8. The van der Waals surface area contributed by atoms with Crippen LogP contribution in [0.15, 0.2) is 101 Å². The van der Waals surface area contributed by atoms with Gasteiger partial charge in [0.25, 0.3) is 5.69 Å². The molecule has 0 aliphatic carbocycles. The fourth-order valence-corrected chi connectivity index (χ4v) is 5.34. The quantitative estimate of drug-likeness (QED) is 0.119. The molecule has 4 aromatic carbocycles. The van der Waals surface area contributed by atoms with Crippen LogP contribution in [-0.2, 0) is 36.9 Å². The van der Waals surface area contributed by atoms with Crippen molar-refractivity contribution in [3.63, 3.8) is 0 Å². The molecule has 14 nitrogen and oxygen atoms in total. The highest BCUT2D eigenvalue weighted by Gasteiger charge is 2.22. The van der Waals surface area contributed by atoms with Gasteiger partial charge >= 0.3 is 5.69 Å². The SMILES string of the molecule is C[C@H]1COC[C@@H](c2ccccc2)OCc2cc(N=Nc3ccc([N+](=O)[O-])cc3[N+](=O)[O-])cc(c2O)CO[C@H](c2ccccc2)COC[C@H](C)O1. The number of hydrogen-bond donors (Lipinski definition) is 1. The van der Waals surface area contributed by atoms with Gasteiger partial charge in [0.1, 0.15) is 18.0 Å². The molecule has 0 unspecified atom stereocenters. The van der Waals surface area contributed by atoms with Crippen LogP contribution in [0.3, 0.4) is 0 Å². The summed E-state index contributed by atoms with van der Waals surface area (Å²) in [6.45, 7) is 4.78. The molecule has 5 rings (SSSR count). The van der Waals surface area contributed by atoms with Gasteiger partial charge in [-0.1, -0.05) is 60.7 Å². The van der Waals surface area contributed by atoms with E-state index in [1.807, 2.05) is 74.5 Å². The molecule has 0 fully saturated rings. The topological polar surface area (TPSA) is 177 Å². The summed E-state index contributed by atoms with van der Waals surface area (Å²) in [5.41, 5.74) is 1.49. The molecule has 0 radical (unpaired) electrons. The van der Waals surface area contributed by atoms with E-state index in [1.54, 1.807) is 12.1 Å². The molecule has 4 atom stereocenters. The standard InChI is InChI=1S/C36H38N4O10/c1-24-18-46-22-34(26-9-5-3-6-10-26)48-20-28-15-30(37-38-32-14-13-31(39(42)43)17-33(32)40(44)45)16-29(36(28)41)21-49-35(23-47-19-25(2)50-24)27-11-7-4-8-12-27/h3-17,24-25,34-35,41H,18-23H2,1-2H3/t24-,25-,34-,35-/m0/s1. The Kier molecular flexibility index (Phi) is 12.7. The molecular weight excluding hydrogens is 648 g/mol. The number of nitrogens with zero attached hydrogens (tertiary/aromatic N) is 4. The van der Waals surface area contributed by atoms with Crippen LogP contribution in [0, 0.1) is 20.2 Å². The van der Waals surface area contributed by atoms with Crippen LogP contribution >= 0.6 is 0 Å². The second kappa shape index (κ2) is 17.5. The highest BCUT2D eigenvalue weighted by atomic mass is 16.6. The molecule has 1 aliphatic heterocycles. The van der Waals surface area contributed by atoms with Crippen molar-refractivity contribution < 1.29 is 38.6 Å². The number of nitro benzene ring substituents is 2. The van der Waals surface area contributed by atoms with Gasteiger partial charge in [-0.15, -0.1) is 5.11 Å². The van der Waals surface area contributed by atoms with E-state index in [1.165, 1.54) is 0 Å². The lowest BCUT2D eigenvalue weighted by molar-refractivity contribution is -0.393. The maximum absolute atomic E-state index is 11.7. The second-order valence-corrected chi connectivity index (χ2v) is 11.8. The molecular formula is C36H38N4O10. The van der Waals surface area contributed by atoms with E-state index in [0.29, 0.717) is 24.3 Å². The lowest BCUT2D eigenvalue weighted by atomic mass is 10.1. The summed E-state index contributed by atoms with van der Waals surface area (Å²) in [5.74, 6) is -0.0810. The van der Waals surface area contributed by atoms with Gasteiger partial charge in [-0.05, 0) is 43.2 Å². The van der Waals surface area contributed by atoms with E-state index in [0.717, 1.165) is 29.3 Å². The Hall–Kier alpha value is -5.12. The number of rotatable bonds is 6. The largest absolute Gasteiger partial charge is 0.507 e. The number of benzene rings is 4. The van der Waals surface area contributed by atoms with Gasteiger partial charge in [0.15, 0.2) is 5.69 Å². The third kappa shape index (κ3) is 9.96. The molecule has 1 heterocycles. The first-order chi connectivity index (χ1) is 24.2. The van der Waals surface area contributed by atoms with E-state index in [4.69, 9.17) is 23.7 Å². The van der Waals surface area contributed by atoms with E-state index in [2.05, 4.69) is 10.2 Å². The number of aromatic hydroxyl groups is 1. The zero-order valence-corrected chi connectivity index (χ0v) is 27.6. The third-order valence-electron chi connectivity index (χ3n) is 7.82. The number of nitro groups is 2. The number of phenolic OH excluding ortho intramolecular Hbond substituents is 1.